The molecule has 0 fully saturated rings. The molecule has 8 nitrogen and oxygen atoms in total. The number of carboxylic acids is 1. The molecule has 2 aromatic rings. The smallest absolute Gasteiger partial charge is 0.407 e. The van der Waals surface area contributed by atoms with E-state index in [0.717, 1.165) is 22.3 Å². The van der Waals surface area contributed by atoms with E-state index in [1.807, 2.05) is 36.4 Å². The molecule has 0 radical (unpaired) electrons. The second-order valence-electron chi connectivity index (χ2n) is 7.90. The number of hydrogen-bond acceptors (Lipinski definition) is 5. The summed E-state index contributed by atoms with van der Waals surface area (Å²) in [5.74, 6) is -1.75. The SMILES string of the molecule is COC(C)C(NC(=O)CC(C)NC(=O)OCC1c2ccccc2-c2ccccc21)C(=O)O. The number of ether oxygens (including phenoxy) is 2. The molecule has 1 aliphatic rings. The molecule has 0 bridgehead atoms. The lowest BCUT2D eigenvalue weighted by molar-refractivity contribution is -0.145. The van der Waals surface area contributed by atoms with Crippen LogP contribution in [0, 0.1) is 0 Å². The van der Waals surface area contributed by atoms with Gasteiger partial charge >= 0.3 is 12.1 Å². The molecule has 3 atom stereocenters. The van der Waals surface area contributed by atoms with Gasteiger partial charge in [0.1, 0.15) is 6.61 Å². The first-order valence-corrected chi connectivity index (χ1v) is 10.5. The minimum absolute atomic E-state index is 0.0568. The van der Waals surface area contributed by atoms with Crippen LogP contribution in [-0.2, 0) is 19.1 Å². The van der Waals surface area contributed by atoms with Gasteiger partial charge in [0.05, 0.1) is 6.10 Å². The first kappa shape index (κ1) is 23.3. The van der Waals surface area contributed by atoms with E-state index in [2.05, 4.69) is 22.8 Å². The van der Waals surface area contributed by atoms with Gasteiger partial charge in [-0.2, -0.15) is 0 Å². The third kappa shape index (κ3) is 5.26. The largest absolute Gasteiger partial charge is 0.480 e. The molecular formula is C24H28N2O6. The van der Waals surface area contributed by atoms with Crippen molar-refractivity contribution in [2.24, 2.45) is 0 Å². The van der Waals surface area contributed by atoms with Crippen LogP contribution in [0.25, 0.3) is 11.1 Å². The Hall–Kier alpha value is -3.39. The Morgan fingerprint density at radius 1 is 0.969 bits per heavy atom. The van der Waals surface area contributed by atoms with E-state index < -0.39 is 36.2 Å². The molecule has 0 spiro atoms. The highest BCUT2D eigenvalue weighted by Crippen LogP contribution is 2.44. The third-order valence-corrected chi connectivity index (χ3v) is 5.62. The minimum Gasteiger partial charge on any atom is -0.480 e. The predicted octanol–water partition coefficient (Wildman–Crippen LogP) is 2.91. The number of benzene rings is 2. The molecule has 0 aliphatic heterocycles. The Morgan fingerprint density at radius 3 is 2.06 bits per heavy atom. The van der Waals surface area contributed by atoms with Crippen molar-refractivity contribution < 1.29 is 29.0 Å². The topological polar surface area (TPSA) is 114 Å². The molecule has 1 aliphatic carbocycles. The van der Waals surface area contributed by atoms with Gasteiger partial charge in [-0.15, -0.1) is 0 Å². The first-order chi connectivity index (χ1) is 15.3. The van der Waals surface area contributed by atoms with Crippen molar-refractivity contribution in [1.29, 1.82) is 0 Å². The Labute approximate surface area is 186 Å². The molecule has 0 heterocycles. The fraction of sp³-hybridized carbons (Fsp3) is 0.375. The van der Waals surface area contributed by atoms with Crippen LogP contribution in [0.15, 0.2) is 48.5 Å². The summed E-state index contributed by atoms with van der Waals surface area (Å²) >= 11 is 0. The van der Waals surface area contributed by atoms with Crippen LogP contribution in [0.3, 0.4) is 0 Å². The highest BCUT2D eigenvalue weighted by molar-refractivity contribution is 5.84. The van der Waals surface area contributed by atoms with E-state index >= 15 is 0 Å². The van der Waals surface area contributed by atoms with Crippen molar-refractivity contribution in [2.45, 2.75) is 44.4 Å². The molecule has 3 N–H and O–H groups in total. The van der Waals surface area contributed by atoms with Gasteiger partial charge in [-0.3, -0.25) is 4.79 Å². The molecule has 0 saturated carbocycles. The predicted molar refractivity (Wildman–Crippen MR) is 118 cm³/mol. The van der Waals surface area contributed by atoms with Crippen molar-refractivity contribution >= 4 is 18.0 Å². The van der Waals surface area contributed by atoms with Crippen LogP contribution in [0.4, 0.5) is 4.79 Å². The molecule has 3 rings (SSSR count). The Balaban J connectivity index is 1.53. The van der Waals surface area contributed by atoms with Crippen molar-refractivity contribution in [2.75, 3.05) is 13.7 Å². The number of carbonyl (C=O) groups excluding carboxylic acids is 2. The zero-order valence-corrected chi connectivity index (χ0v) is 18.3. The Morgan fingerprint density at radius 2 is 1.53 bits per heavy atom. The summed E-state index contributed by atoms with van der Waals surface area (Å²) < 4.78 is 10.5. The third-order valence-electron chi connectivity index (χ3n) is 5.62. The number of carboxylic acid groups (broad SMARTS) is 1. The summed E-state index contributed by atoms with van der Waals surface area (Å²) in [4.78, 5) is 35.8. The zero-order valence-electron chi connectivity index (χ0n) is 18.3. The summed E-state index contributed by atoms with van der Waals surface area (Å²) in [6.07, 6.45) is -1.42. The van der Waals surface area contributed by atoms with Gasteiger partial charge in [0.15, 0.2) is 6.04 Å². The van der Waals surface area contributed by atoms with E-state index in [0.29, 0.717) is 0 Å². The maximum absolute atomic E-state index is 12.3. The van der Waals surface area contributed by atoms with Crippen LogP contribution in [-0.4, -0.2) is 55.0 Å². The van der Waals surface area contributed by atoms with Gasteiger partial charge < -0.3 is 25.2 Å². The number of nitrogens with one attached hydrogen (secondary N) is 2. The Kier molecular flexibility index (Phi) is 7.48. The monoisotopic (exact) mass is 440 g/mol. The number of alkyl carbamates (subject to hydrolysis) is 1. The van der Waals surface area contributed by atoms with Crippen molar-refractivity contribution in [3.8, 4) is 11.1 Å². The molecule has 2 aromatic carbocycles. The van der Waals surface area contributed by atoms with E-state index in [1.165, 1.54) is 7.11 Å². The van der Waals surface area contributed by atoms with Crippen LogP contribution >= 0.6 is 0 Å². The number of rotatable bonds is 9. The molecule has 32 heavy (non-hydrogen) atoms. The van der Waals surface area contributed by atoms with Crippen molar-refractivity contribution in [3.63, 3.8) is 0 Å². The first-order valence-electron chi connectivity index (χ1n) is 10.5. The molecule has 0 aromatic heterocycles. The van der Waals surface area contributed by atoms with Crippen LogP contribution in [0.5, 0.6) is 0 Å². The number of amides is 2. The summed E-state index contributed by atoms with van der Waals surface area (Å²) in [6.45, 7) is 3.37. The maximum atomic E-state index is 12.3. The van der Waals surface area contributed by atoms with Crippen molar-refractivity contribution in [1.82, 2.24) is 10.6 Å². The summed E-state index contributed by atoms with van der Waals surface area (Å²) in [5.41, 5.74) is 4.50. The molecule has 0 saturated heterocycles. The zero-order chi connectivity index (χ0) is 23.3. The fourth-order valence-electron chi connectivity index (χ4n) is 3.92. The highest BCUT2D eigenvalue weighted by atomic mass is 16.5. The fourth-order valence-corrected chi connectivity index (χ4v) is 3.92. The lowest BCUT2D eigenvalue weighted by Crippen LogP contribution is -2.49. The molecule has 170 valence electrons. The number of fused-ring (bicyclic) bond motifs is 3. The summed E-state index contributed by atoms with van der Waals surface area (Å²) in [7, 11) is 1.37. The Bertz CT molecular complexity index is 946. The molecule has 2 amide bonds. The average Bonchev–Trinajstić information content (AvgIpc) is 3.09. The van der Waals surface area contributed by atoms with Gasteiger partial charge in [-0.1, -0.05) is 48.5 Å². The van der Waals surface area contributed by atoms with Gasteiger partial charge in [0.25, 0.3) is 0 Å². The number of aliphatic carboxylic acids is 1. The van der Waals surface area contributed by atoms with Gasteiger partial charge in [0.2, 0.25) is 5.91 Å². The van der Waals surface area contributed by atoms with E-state index in [1.54, 1.807) is 13.8 Å². The van der Waals surface area contributed by atoms with Crippen LogP contribution in [0.1, 0.15) is 37.3 Å². The normalized spacial score (nSPS) is 15.1. The van der Waals surface area contributed by atoms with Gasteiger partial charge in [0, 0.05) is 25.5 Å². The average molecular weight is 440 g/mol. The summed E-state index contributed by atoms with van der Waals surface area (Å²) in [6, 6.07) is 14.4. The molecular weight excluding hydrogens is 412 g/mol. The molecule has 3 unspecified atom stereocenters. The lowest BCUT2D eigenvalue weighted by atomic mass is 9.98. The van der Waals surface area contributed by atoms with Crippen LogP contribution in [0.2, 0.25) is 0 Å². The van der Waals surface area contributed by atoms with E-state index in [9.17, 15) is 19.5 Å². The van der Waals surface area contributed by atoms with Gasteiger partial charge in [-0.25, -0.2) is 9.59 Å². The second kappa shape index (κ2) is 10.3. The summed E-state index contributed by atoms with van der Waals surface area (Å²) in [5, 5.41) is 14.3. The van der Waals surface area contributed by atoms with Crippen molar-refractivity contribution in [3.05, 3.63) is 59.7 Å². The lowest BCUT2D eigenvalue weighted by Gasteiger charge is -2.21. The number of hydrogen-bond donors (Lipinski definition) is 3. The van der Waals surface area contributed by atoms with Crippen LogP contribution < -0.4 is 10.6 Å². The second-order valence-corrected chi connectivity index (χ2v) is 7.90. The van der Waals surface area contributed by atoms with E-state index in [4.69, 9.17) is 9.47 Å². The number of methoxy groups -OCH3 is 1. The minimum atomic E-state index is -1.19. The maximum Gasteiger partial charge on any atom is 0.407 e. The molecule has 8 heteroatoms. The quantitative estimate of drug-likeness (QED) is 0.553. The highest BCUT2D eigenvalue weighted by Gasteiger charge is 2.30. The number of carbonyl (C=O) groups is 3. The van der Waals surface area contributed by atoms with E-state index in [-0.39, 0.29) is 18.9 Å². The van der Waals surface area contributed by atoms with Gasteiger partial charge in [-0.05, 0) is 36.1 Å². The standard InChI is InChI=1S/C24H28N2O6/c1-14(12-21(27)26-22(23(28)29)15(2)31-3)25-24(30)32-13-20-18-10-6-4-8-16(18)17-9-5-7-11-19(17)20/h4-11,14-15,20,22H,12-13H2,1-3H3,(H,25,30)(H,26,27)(H,28,29).